The second kappa shape index (κ2) is 12.2. The highest BCUT2D eigenvalue weighted by molar-refractivity contribution is 5.89. The van der Waals surface area contributed by atoms with Crippen molar-refractivity contribution in [3.63, 3.8) is 0 Å². The van der Waals surface area contributed by atoms with Crippen molar-refractivity contribution in [2.75, 3.05) is 0 Å². The van der Waals surface area contributed by atoms with Crippen LogP contribution in [-0.2, 0) is 19.1 Å². The van der Waals surface area contributed by atoms with Crippen LogP contribution in [0.15, 0.2) is 63.8 Å². The molecule has 1 aliphatic rings. The first-order valence-corrected chi connectivity index (χ1v) is 13.1. The molecule has 3 aromatic carbocycles. The van der Waals surface area contributed by atoms with Crippen LogP contribution in [0.25, 0.3) is 28.4 Å². The Labute approximate surface area is 256 Å². The maximum absolute atomic E-state index is 13.7. The van der Waals surface area contributed by atoms with Gasteiger partial charge in [0, 0.05) is 23.8 Å². The van der Waals surface area contributed by atoms with Crippen LogP contribution in [0.5, 0.6) is 40.2 Å². The Morgan fingerprint density at radius 2 is 1.48 bits per heavy atom. The SMILES string of the molecule is O=C(/C=C/c1ccc(O)c(O)c1)O[C@@H]1C(O)[C@H](O)C(C(=O)O)O[C@H]1Oc1c(-c2ccc(O)c(O)c2)oc2cc(O)cc(O)c2c1=O. The van der Waals surface area contributed by atoms with Gasteiger partial charge in [-0.05, 0) is 42.0 Å². The number of aliphatic hydroxyl groups is 2. The van der Waals surface area contributed by atoms with Crippen molar-refractivity contribution in [1.29, 1.82) is 0 Å². The number of carboxylic acid groups (broad SMARTS) is 1. The van der Waals surface area contributed by atoms with E-state index >= 15 is 0 Å². The van der Waals surface area contributed by atoms with E-state index in [4.69, 9.17) is 18.6 Å². The molecule has 1 saturated heterocycles. The molecule has 2 unspecified atom stereocenters. The molecular formula is C30H24O16. The zero-order valence-electron chi connectivity index (χ0n) is 23.0. The third-order valence-corrected chi connectivity index (χ3v) is 6.84. The second-order valence-electron chi connectivity index (χ2n) is 9.98. The van der Waals surface area contributed by atoms with Crippen LogP contribution in [0.1, 0.15) is 5.56 Å². The molecule has 5 rings (SSSR count). The molecule has 0 saturated carbocycles. The summed E-state index contributed by atoms with van der Waals surface area (Å²) in [6.07, 6.45) is -8.68. The summed E-state index contributed by atoms with van der Waals surface area (Å²) in [6.45, 7) is 0. The fourth-order valence-electron chi connectivity index (χ4n) is 4.59. The molecule has 16 nitrogen and oxygen atoms in total. The fourth-order valence-corrected chi connectivity index (χ4v) is 4.59. The van der Waals surface area contributed by atoms with E-state index in [0.29, 0.717) is 0 Å². The molecular weight excluding hydrogens is 616 g/mol. The lowest BCUT2D eigenvalue weighted by Crippen LogP contribution is -2.62. The van der Waals surface area contributed by atoms with Crippen molar-refractivity contribution >= 4 is 29.0 Å². The molecule has 16 heteroatoms. The van der Waals surface area contributed by atoms with E-state index in [2.05, 4.69) is 0 Å². The van der Waals surface area contributed by atoms with Crippen LogP contribution < -0.4 is 10.2 Å². The summed E-state index contributed by atoms with van der Waals surface area (Å²) in [4.78, 5) is 38.3. The largest absolute Gasteiger partial charge is 0.508 e. The number of carbonyl (C=O) groups excluding carboxylic acids is 1. The van der Waals surface area contributed by atoms with Crippen molar-refractivity contribution < 1.29 is 74.2 Å². The molecule has 1 fully saturated rings. The van der Waals surface area contributed by atoms with Gasteiger partial charge in [-0.1, -0.05) is 6.07 Å². The fraction of sp³-hybridized carbons (Fsp3) is 0.167. The Bertz CT molecular complexity index is 1930. The Kier molecular flexibility index (Phi) is 8.34. The highest BCUT2D eigenvalue weighted by Crippen LogP contribution is 2.39. The minimum absolute atomic E-state index is 0.119. The van der Waals surface area contributed by atoms with Crippen molar-refractivity contribution in [2.24, 2.45) is 0 Å². The number of esters is 1. The number of rotatable bonds is 7. The number of phenols is 6. The quantitative estimate of drug-likeness (QED) is 0.0780. The van der Waals surface area contributed by atoms with Gasteiger partial charge >= 0.3 is 11.9 Å². The normalized spacial score (nSPS) is 21.3. The van der Waals surface area contributed by atoms with Gasteiger partial charge in [0.1, 0.15) is 34.7 Å². The second-order valence-corrected chi connectivity index (χ2v) is 9.98. The molecule has 0 amide bonds. The number of carboxylic acids is 1. The third kappa shape index (κ3) is 6.03. The first-order chi connectivity index (χ1) is 21.7. The number of phenolic OH excluding ortho intramolecular Hbond substituents is 6. The third-order valence-electron chi connectivity index (χ3n) is 6.84. The van der Waals surface area contributed by atoms with E-state index in [1.54, 1.807) is 0 Å². The number of aromatic hydroxyl groups is 6. The van der Waals surface area contributed by atoms with Gasteiger partial charge in [-0.3, -0.25) is 4.79 Å². The predicted molar refractivity (Wildman–Crippen MR) is 152 cm³/mol. The van der Waals surface area contributed by atoms with Crippen LogP contribution in [0.3, 0.4) is 0 Å². The molecule has 2 heterocycles. The summed E-state index contributed by atoms with van der Waals surface area (Å²) in [7, 11) is 0. The molecule has 9 N–H and O–H groups in total. The van der Waals surface area contributed by atoms with Crippen molar-refractivity contribution in [3.8, 4) is 51.6 Å². The number of benzene rings is 3. The van der Waals surface area contributed by atoms with Gasteiger partial charge in [-0.15, -0.1) is 0 Å². The molecule has 1 aliphatic heterocycles. The number of hydrogen-bond donors (Lipinski definition) is 9. The number of aliphatic hydroxyl groups excluding tert-OH is 2. The summed E-state index contributed by atoms with van der Waals surface area (Å²) < 4.78 is 22.0. The summed E-state index contributed by atoms with van der Waals surface area (Å²) >= 11 is 0. The van der Waals surface area contributed by atoms with E-state index in [-0.39, 0.29) is 16.7 Å². The molecule has 5 atom stereocenters. The van der Waals surface area contributed by atoms with Crippen molar-refractivity contribution in [1.82, 2.24) is 0 Å². The number of aliphatic carboxylic acids is 1. The van der Waals surface area contributed by atoms with E-state index in [1.807, 2.05) is 0 Å². The standard InChI is InChI=1S/C30H24O16/c31-13-9-18(36)21-19(10-13)43-25(12-3-5-15(33)17(35)8-12)26(22(21)38)45-30-28(24(40)23(39)27(46-30)29(41)42)44-20(37)6-2-11-1-4-14(32)16(34)7-11/h1-10,23-24,27-28,30-36,39-40H,(H,41,42)/b6-2+/t23-,24?,27?,28+,30+/m0/s1. The van der Waals surface area contributed by atoms with Crippen LogP contribution >= 0.6 is 0 Å². The molecule has 46 heavy (non-hydrogen) atoms. The van der Waals surface area contributed by atoms with Crippen LogP contribution in [0, 0.1) is 0 Å². The van der Waals surface area contributed by atoms with Crippen LogP contribution in [-0.4, -0.2) is 88.6 Å². The molecule has 0 aliphatic carbocycles. The van der Waals surface area contributed by atoms with Gasteiger partial charge in [0.25, 0.3) is 0 Å². The average Bonchev–Trinajstić information content (AvgIpc) is 2.99. The molecule has 240 valence electrons. The zero-order chi connectivity index (χ0) is 33.4. The van der Waals surface area contributed by atoms with E-state index in [9.17, 15) is 60.3 Å². The van der Waals surface area contributed by atoms with Gasteiger partial charge < -0.3 is 64.6 Å². The predicted octanol–water partition coefficient (Wildman–Crippen LogP) is 1.23. The van der Waals surface area contributed by atoms with Crippen molar-refractivity contribution in [3.05, 3.63) is 70.4 Å². The van der Waals surface area contributed by atoms with Crippen LogP contribution in [0.4, 0.5) is 0 Å². The van der Waals surface area contributed by atoms with Gasteiger partial charge in [0.15, 0.2) is 41.0 Å². The average molecular weight is 641 g/mol. The van der Waals surface area contributed by atoms with Gasteiger partial charge in [-0.2, -0.15) is 0 Å². The minimum atomic E-state index is -2.17. The number of ether oxygens (including phenoxy) is 3. The molecule has 0 spiro atoms. The van der Waals surface area contributed by atoms with Gasteiger partial charge in [0.2, 0.25) is 17.5 Å². The highest BCUT2D eigenvalue weighted by Gasteiger charge is 2.51. The molecule has 4 aromatic rings. The summed E-state index contributed by atoms with van der Waals surface area (Å²) in [5, 5.41) is 89.6. The summed E-state index contributed by atoms with van der Waals surface area (Å²) in [6, 6.07) is 8.55. The first kappa shape index (κ1) is 31.5. The Morgan fingerprint density at radius 3 is 2.13 bits per heavy atom. The monoisotopic (exact) mass is 640 g/mol. The molecule has 0 bridgehead atoms. The Hall–Kier alpha value is -5.97. The van der Waals surface area contributed by atoms with E-state index in [1.165, 1.54) is 12.1 Å². The number of hydrogen-bond acceptors (Lipinski definition) is 15. The maximum Gasteiger partial charge on any atom is 0.335 e. The van der Waals surface area contributed by atoms with Gasteiger partial charge in [0.05, 0.1) is 0 Å². The Balaban J connectivity index is 1.58. The number of carbonyl (C=O) groups is 2. The summed E-state index contributed by atoms with van der Waals surface area (Å²) in [5.74, 6) is -7.68. The number of fused-ring (bicyclic) bond motifs is 1. The lowest BCUT2D eigenvalue weighted by molar-refractivity contribution is -0.275. The lowest BCUT2D eigenvalue weighted by Gasteiger charge is -2.40. The van der Waals surface area contributed by atoms with E-state index < -0.39 is 99.5 Å². The zero-order valence-corrected chi connectivity index (χ0v) is 23.0. The Morgan fingerprint density at radius 1 is 0.804 bits per heavy atom. The van der Waals surface area contributed by atoms with Crippen LogP contribution in [0.2, 0.25) is 0 Å². The maximum atomic E-state index is 13.7. The summed E-state index contributed by atoms with van der Waals surface area (Å²) in [5.41, 5.74) is -1.39. The van der Waals surface area contributed by atoms with Crippen molar-refractivity contribution in [2.45, 2.75) is 30.7 Å². The first-order valence-electron chi connectivity index (χ1n) is 13.1. The molecule has 0 radical (unpaired) electrons. The highest BCUT2D eigenvalue weighted by atomic mass is 16.7. The minimum Gasteiger partial charge on any atom is -0.508 e. The topological polar surface area (TPSA) is 274 Å². The van der Waals surface area contributed by atoms with Gasteiger partial charge in [-0.25, -0.2) is 9.59 Å². The van der Waals surface area contributed by atoms with E-state index in [0.717, 1.165) is 48.6 Å². The smallest absolute Gasteiger partial charge is 0.335 e. The molecule has 1 aromatic heterocycles. The lowest BCUT2D eigenvalue weighted by atomic mass is 9.98.